The van der Waals surface area contributed by atoms with Crippen LogP contribution in [0, 0.1) is 6.92 Å². The molecule has 1 atom stereocenters. The molecule has 2 N–H and O–H groups in total. The highest BCUT2D eigenvalue weighted by atomic mass is 16.6. The van der Waals surface area contributed by atoms with Gasteiger partial charge in [-0.15, -0.1) is 0 Å². The van der Waals surface area contributed by atoms with Crippen LogP contribution in [-0.4, -0.2) is 27.5 Å². The van der Waals surface area contributed by atoms with E-state index in [1.54, 1.807) is 6.92 Å². The lowest BCUT2D eigenvalue weighted by atomic mass is 9.78. The minimum absolute atomic E-state index is 0.509. The van der Waals surface area contributed by atoms with Crippen molar-refractivity contribution in [2.24, 2.45) is 0 Å². The Morgan fingerprint density at radius 3 is 2.57 bits per heavy atom. The molecule has 0 radical (unpaired) electrons. The van der Waals surface area contributed by atoms with Crippen LogP contribution in [0.5, 0.6) is 0 Å². The highest BCUT2D eigenvalue weighted by molar-refractivity contribution is 5.74. The van der Waals surface area contributed by atoms with Crippen molar-refractivity contribution < 1.29 is 14.6 Å². The van der Waals surface area contributed by atoms with E-state index >= 15 is 0 Å². The van der Waals surface area contributed by atoms with Gasteiger partial charge in [-0.05, 0) is 51.2 Å². The van der Waals surface area contributed by atoms with Crippen LogP contribution >= 0.6 is 0 Å². The van der Waals surface area contributed by atoms with Crippen molar-refractivity contribution in [3.8, 4) is 0 Å². The summed E-state index contributed by atoms with van der Waals surface area (Å²) in [5.74, 6) is 0. The van der Waals surface area contributed by atoms with E-state index in [9.17, 15) is 9.90 Å². The summed E-state index contributed by atoms with van der Waals surface area (Å²) in [5.41, 5.74) is 2.68. The summed E-state index contributed by atoms with van der Waals surface area (Å²) < 4.78 is 5.60. The highest BCUT2D eigenvalue weighted by Crippen LogP contribution is 2.46. The third-order valence-corrected chi connectivity index (χ3v) is 4.80. The molecule has 5 heteroatoms. The van der Waals surface area contributed by atoms with Crippen molar-refractivity contribution in [3.05, 3.63) is 29.8 Å². The van der Waals surface area contributed by atoms with Gasteiger partial charge in [0.2, 0.25) is 0 Å². The fraction of sp³-hybridized carbons (Fsp3) is 0.562. The Labute approximate surface area is 124 Å². The van der Waals surface area contributed by atoms with Crippen LogP contribution in [0.2, 0.25) is 0 Å². The van der Waals surface area contributed by atoms with E-state index in [2.05, 4.69) is 5.43 Å². The van der Waals surface area contributed by atoms with Gasteiger partial charge < -0.3 is 9.84 Å². The molecule has 1 saturated heterocycles. The van der Waals surface area contributed by atoms with Gasteiger partial charge in [-0.2, -0.15) is 5.01 Å². The number of hydrazine groups is 1. The van der Waals surface area contributed by atoms with Crippen LogP contribution in [-0.2, 0) is 4.74 Å². The number of anilines is 1. The van der Waals surface area contributed by atoms with Crippen LogP contribution < -0.4 is 5.43 Å². The fourth-order valence-corrected chi connectivity index (χ4v) is 3.36. The summed E-state index contributed by atoms with van der Waals surface area (Å²) in [6, 6.07) is 7.66. The number of rotatable bonds is 2. The third kappa shape index (κ3) is 2.16. The summed E-state index contributed by atoms with van der Waals surface area (Å²) in [6.07, 6.45) is 3.98. The number of hydrogen-bond donors (Lipinski definition) is 2. The molecule has 2 fully saturated rings. The van der Waals surface area contributed by atoms with Gasteiger partial charge in [0.15, 0.2) is 11.3 Å². The molecule has 21 heavy (non-hydrogen) atoms. The number of nitrogens with zero attached hydrogens (tertiary/aromatic N) is 1. The van der Waals surface area contributed by atoms with E-state index in [0.29, 0.717) is 12.8 Å². The molecular formula is C16H22N2O3. The van der Waals surface area contributed by atoms with Crippen molar-refractivity contribution in [1.82, 2.24) is 5.01 Å². The maximum Gasteiger partial charge on any atom is 0.432 e. The van der Waals surface area contributed by atoms with Crippen molar-refractivity contribution in [2.45, 2.75) is 57.3 Å². The van der Waals surface area contributed by atoms with Crippen LogP contribution in [0.25, 0.3) is 0 Å². The first-order valence-electron chi connectivity index (χ1n) is 7.54. The summed E-state index contributed by atoms with van der Waals surface area (Å²) in [7, 11) is 0. The second kappa shape index (κ2) is 4.91. The Morgan fingerprint density at radius 2 is 1.90 bits per heavy atom. The SMILES string of the molecule is Cc1ccccc1NN1C(=O)OC2(CCCCC2)[C@@]1(C)O. The summed E-state index contributed by atoms with van der Waals surface area (Å²) in [6.45, 7) is 3.61. The van der Waals surface area contributed by atoms with Gasteiger partial charge in [-0.25, -0.2) is 4.79 Å². The average molecular weight is 290 g/mol. The number of carbonyl (C=O) groups excluding carboxylic acids is 1. The van der Waals surface area contributed by atoms with E-state index in [-0.39, 0.29) is 0 Å². The minimum Gasteiger partial charge on any atom is -0.436 e. The molecule has 1 heterocycles. The van der Waals surface area contributed by atoms with E-state index in [1.807, 2.05) is 31.2 Å². The monoisotopic (exact) mass is 290 g/mol. The molecule has 0 aromatic heterocycles. The first-order valence-corrected chi connectivity index (χ1v) is 7.54. The number of ether oxygens (including phenoxy) is 1. The topological polar surface area (TPSA) is 61.8 Å². The molecule has 3 rings (SSSR count). The summed E-state index contributed by atoms with van der Waals surface area (Å²) in [4.78, 5) is 12.3. The molecular weight excluding hydrogens is 268 g/mol. The number of aliphatic hydroxyl groups is 1. The Kier molecular flexibility index (Phi) is 3.32. The molecule has 0 bridgehead atoms. The minimum atomic E-state index is -1.35. The van der Waals surface area contributed by atoms with E-state index in [4.69, 9.17) is 4.74 Å². The molecule has 1 aromatic carbocycles. The molecule has 1 aromatic rings. The molecule has 5 nitrogen and oxygen atoms in total. The Bertz CT molecular complexity index is 550. The molecule has 1 aliphatic heterocycles. The third-order valence-electron chi connectivity index (χ3n) is 4.80. The Morgan fingerprint density at radius 1 is 1.24 bits per heavy atom. The van der Waals surface area contributed by atoms with Crippen molar-refractivity contribution in [3.63, 3.8) is 0 Å². The zero-order valence-electron chi connectivity index (χ0n) is 12.6. The molecule has 1 amide bonds. The molecule has 1 aliphatic carbocycles. The van der Waals surface area contributed by atoms with Gasteiger partial charge >= 0.3 is 6.09 Å². The number of nitrogens with one attached hydrogen (secondary N) is 1. The Balaban J connectivity index is 1.89. The van der Waals surface area contributed by atoms with Gasteiger partial charge in [0, 0.05) is 0 Å². The number of benzene rings is 1. The van der Waals surface area contributed by atoms with Gasteiger partial charge in [0.25, 0.3) is 0 Å². The number of amides is 1. The zero-order valence-corrected chi connectivity index (χ0v) is 12.6. The maximum atomic E-state index is 12.3. The van der Waals surface area contributed by atoms with E-state index in [0.717, 1.165) is 30.5 Å². The van der Waals surface area contributed by atoms with Crippen LogP contribution in [0.15, 0.2) is 24.3 Å². The van der Waals surface area contributed by atoms with E-state index < -0.39 is 17.4 Å². The molecule has 114 valence electrons. The summed E-state index contributed by atoms with van der Waals surface area (Å²) in [5, 5.41) is 12.2. The fourth-order valence-electron chi connectivity index (χ4n) is 3.36. The van der Waals surface area contributed by atoms with Gasteiger partial charge in [0.05, 0.1) is 5.69 Å². The van der Waals surface area contributed by atoms with Gasteiger partial charge in [0.1, 0.15) is 0 Å². The second-order valence-electron chi connectivity index (χ2n) is 6.21. The lowest BCUT2D eigenvalue weighted by molar-refractivity contribution is -0.154. The summed E-state index contributed by atoms with van der Waals surface area (Å²) >= 11 is 0. The lowest BCUT2D eigenvalue weighted by Gasteiger charge is -2.41. The first kappa shape index (κ1) is 14.2. The number of para-hydroxylation sites is 1. The standard InChI is InChI=1S/C16H22N2O3/c1-12-8-4-5-9-13(12)17-18-14(19)21-16(15(18,2)20)10-6-3-7-11-16/h4-5,8-9,17,20H,3,6-7,10-11H2,1-2H3/t15-/m1/s1. The predicted molar refractivity (Wildman–Crippen MR) is 79.6 cm³/mol. The molecule has 1 spiro atoms. The lowest BCUT2D eigenvalue weighted by Crippen LogP contribution is -2.58. The predicted octanol–water partition coefficient (Wildman–Crippen LogP) is 3.19. The van der Waals surface area contributed by atoms with Crippen molar-refractivity contribution >= 4 is 11.8 Å². The Hall–Kier alpha value is -1.75. The normalized spacial score (nSPS) is 27.8. The first-order chi connectivity index (χ1) is 9.96. The largest absolute Gasteiger partial charge is 0.436 e. The average Bonchev–Trinajstić information content (AvgIpc) is 2.62. The van der Waals surface area contributed by atoms with Gasteiger partial charge in [-0.1, -0.05) is 24.6 Å². The number of carbonyl (C=O) groups is 1. The van der Waals surface area contributed by atoms with E-state index in [1.165, 1.54) is 5.01 Å². The van der Waals surface area contributed by atoms with Crippen LogP contribution in [0.3, 0.4) is 0 Å². The zero-order chi connectivity index (χ0) is 15.1. The van der Waals surface area contributed by atoms with Crippen molar-refractivity contribution in [1.29, 1.82) is 0 Å². The number of hydrogen-bond acceptors (Lipinski definition) is 4. The van der Waals surface area contributed by atoms with Crippen molar-refractivity contribution in [2.75, 3.05) is 5.43 Å². The van der Waals surface area contributed by atoms with Crippen LogP contribution in [0.1, 0.15) is 44.6 Å². The molecule has 1 saturated carbocycles. The molecule has 0 unspecified atom stereocenters. The highest BCUT2D eigenvalue weighted by Gasteiger charge is 2.62. The number of aryl methyl sites for hydroxylation is 1. The quantitative estimate of drug-likeness (QED) is 0.878. The second-order valence-corrected chi connectivity index (χ2v) is 6.21. The van der Waals surface area contributed by atoms with Crippen LogP contribution in [0.4, 0.5) is 10.5 Å². The maximum absolute atomic E-state index is 12.3. The van der Waals surface area contributed by atoms with Gasteiger partial charge in [-0.3, -0.25) is 5.43 Å². The smallest absolute Gasteiger partial charge is 0.432 e. The molecule has 2 aliphatic rings.